The van der Waals surface area contributed by atoms with Crippen LogP contribution in [0, 0.1) is 5.92 Å². The first kappa shape index (κ1) is 11.8. The maximum absolute atomic E-state index is 11.0. The molecule has 1 fully saturated rings. The van der Waals surface area contributed by atoms with Gasteiger partial charge in [0.05, 0.1) is 12.5 Å². The van der Waals surface area contributed by atoms with E-state index < -0.39 is 5.97 Å². The van der Waals surface area contributed by atoms with Gasteiger partial charge in [-0.15, -0.1) is 5.10 Å². The molecule has 0 aromatic carbocycles. The number of carbonyl (C=O) groups is 1. The van der Waals surface area contributed by atoms with Crippen LogP contribution in [0.5, 0.6) is 0 Å². The van der Waals surface area contributed by atoms with Crippen molar-refractivity contribution in [1.29, 1.82) is 0 Å². The lowest BCUT2D eigenvalue weighted by Gasteiger charge is -2.14. The van der Waals surface area contributed by atoms with Gasteiger partial charge in [-0.05, 0) is 35.3 Å². The van der Waals surface area contributed by atoms with Gasteiger partial charge in [0, 0.05) is 13.2 Å². The summed E-state index contributed by atoms with van der Waals surface area (Å²) in [5.74, 6) is 0.0418. The number of tetrazole rings is 1. The van der Waals surface area contributed by atoms with Crippen molar-refractivity contribution < 1.29 is 9.90 Å². The molecular weight excluding hydrogens is 248 g/mol. The zero-order valence-electron chi connectivity index (χ0n) is 10.5. The molecule has 8 heteroatoms. The number of hydrogen-bond donors (Lipinski definition) is 1. The van der Waals surface area contributed by atoms with Gasteiger partial charge in [0.1, 0.15) is 5.69 Å². The Hall–Kier alpha value is -2.25. The maximum atomic E-state index is 11.0. The fourth-order valence-electron chi connectivity index (χ4n) is 2.23. The van der Waals surface area contributed by atoms with Crippen molar-refractivity contribution in [3.63, 3.8) is 0 Å². The molecule has 100 valence electrons. The van der Waals surface area contributed by atoms with E-state index in [0.717, 1.165) is 12.8 Å². The van der Waals surface area contributed by atoms with Crippen LogP contribution < -0.4 is 0 Å². The van der Waals surface area contributed by atoms with Crippen molar-refractivity contribution in [3.8, 4) is 11.5 Å². The second kappa shape index (κ2) is 4.45. The zero-order chi connectivity index (χ0) is 13.4. The summed E-state index contributed by atoms with van der Waals surface area (Å²) in [6, 6.07) is 1.62. The Morgan fingerprint density at radius 1 is 1.58 bits per heavy atom. The molecule has 1 atom stereocenters. The summed E-state index contributed by atoms with van der Waals surface area (Å²) in [7, 11) is 1.81. The van der Waals surface area contributed by atoms with E-state index in [1.165, 1.54) is 0 Å². The summed E-state index contributed by atoms with van der Waals surface area (Å²) in [6.07, 6.45) is 3.89. The predicted octanol–water partition coefficient (Wildman–Crippen LogP) is 0.499. The van der Waals surface area contributed by atoms with Gasteiger partial charge in [-0.1, -0.05) is 0 Å². The third kappa shape index (κ3) is 2.33. The van der Waals surface area contributed by atoms with Crippen LogP contribution in [0.15, 0.2) is 12.3 Å². The molecule has 2 heterocycles. The average molecular weight is 262 g/mol. The number of aliphatic carboxylic acids is 1. The molecule has 1 N–H and O–H groups in total. The molecule has 0 saturated heterocycles. The molecule has 0 aliphatic heterocycles. The van der Waals surface area contributed by atoms with Crippen LogP contribution in [0.4, 0.5) is 0 Å². The van der Waals surface area contributed by atoms with E-state index in [1.54, 1.807) is 15.6 Å². The smallest absolute Gasteiger partial charge is 0.305 e. The molecule has 0 bridgehead atoms. The van der Waals surface area contributed by atoms with E-state index >= 15 is 0 Å². The lowest BCUT2D eigenvalue weighted by atomic mass is 10.1. The van der Waals surface area contributed by atoms with Gasteiger partial charge in [-0.2, -0.15) is 5.10 Å². The summed E-state index contributed by atoms with van der Waals surface area (Å²) in [4.78, 5) is 11.0. The number of nitrogens with zero attached hydrogens (tertiary/aromatic N) is 6. The summed E-state index contributed by atoms with van der Waals surface area (Å²) in [5.41, 5.74) is 0.656. The Balaban J connectivity index is 1.95. The minimum absolute atomic E-state index is 0.0372. The van der Waals surface area contributed by atoms with Gasteiger partial charge in [-0.3, -0.25) is 9.48 Å². The SMILES string of the molecule is Cn1ccc(-c2nnnn2C(CC(=O)O)C2CC2)n1. The third-order valence-electron chi connectivity index (χ3n) is 3.30. The van der Waals surface area contributed by atoms with Crippen molar-refractivity contribution in [2.75, 3.05) is 0 Å². The van der Waals surface area contributed by atoms with Crippen LogP contribution in [-0.4, -0.2) is 41.1 Å². The Bertz CT molecular complexity index is 600. The summed E-state index contributed by atoms with van der Waals surface area (Å²) >= 11 is 0. The monoisotopic (exact) mass is 262 g/mol. The minimum atomic E-state index is -0.834. The zero-order valence-corrected chi connectivity index (χ0v) is 10.5. The van der Waals surface area contributed by atoms with Gasteiger partial charge in [-0.25, -0.2) is 4.68 Å². The van der Waals surface area contributed by atoms with E-state index in [0.29, 0.717) is 17.4 Å². The van der Waals surface area contributed by atoms with Crippen molar-refractivity contribution in [2.24, 2.45) is 13.0 Å². The van der Waals surface area contributed by atoms with Crippen molar-refractivity contribution in [3.05, 3.63) is 12.3 Å². The van der Waals surface area contributed by atoms with Crippen LogP contribution in [0.1, 0.15) is 25.3 Å². The number of aryl methyl sites for hydroxylation is 1. The highest BCUT2D eigenvalue weighted by atomic mass is 16.4. The Morgan fingerprint density at radius 2 is 2.37 bits per heavy atom. The quantitative estimate of drug-likeness (QED) is 0.842. The van der Waals surface area contributed by atoms with E-state index in [4.69, 9.17) is 5.11 Å². The Labute approximate surface area is 109 Å². The van der Waals surface area contributed by atoms with Gasteiger partial charge in [0.25, 0.3) is 0 Å². The Morgan fingerprint density at radius 3 is 2.95 bits per heavy atom. The molecule has 0 amide bonds. The van der Waals surface area contributed by atoms with Crippen molar-refractivity contribution in [1.82, 2.24) is 30.0 Å². The molecule has 1 saturated carbocycles. The van der Waals surface area contributed by atoms with Crippen LogP contribution in [0.25, 0.3) is 11.5 Å². The van der Waals surface area contributed by atoms with Crippen LogP contribution in [0.2, 0.25) is 0 Å². The van der Waals surface area contributed by atoms with Crippen LogP contribution in [0.3, 0.4) is 0 Å². The summed E-state index contributed by atoms with van der Waals surface area (Å²) in [5, 5.41) is 24.9. The average Bonchev–Trinajstić information content (AvgIpc) is 2.92. The third-order valence-corrected chi connectivity index (χ3v) is 3.30. The first-order valence-electron chi connectivity index (χ1n) is 6.15. The topological polar surface area (TPSA) is 98.7 Å². The van der Waals surface area contributed by atoms with Gasteiger partial charge < -0.3 is 5.11 Å². The first-order chi connectivity index (χ1) is 9.15. The fourth-order valence-corrected chi connectivity index (χ4v) is 2.23. The van der Waals surface area contributed by atoms with Crippen LogP contribution >= 0.6 is 0 Å². The number of aromatic nitrogens is 6. The molecule has 8 nitrogen and oxygen atoms in total. The fraction of sp³-hybridized carbons (Fsp3) is 0.545. The van der Waals surface area contributed by atoms with E-state index in [9.17, 15) is 4.79 Å². The van der Waals surface area contributed by atoms with Crippen molar-refractivity contribution >= 4 is 5.97 Å². The molecule has 2 aromatic rings. The number of hydrogen-bond acceptors (Lipinski definition) is 5. The predicted molar refractivity (Wildman–Crippen MR) is 64.0 cm³/mol. The van der Waals surface area contributed by atoms with E-state index in [-0.39, 0.29) is 12.5 Å². The van der Waals surface area contributed by atoms with Gasteiger partial charge >= 0.3 is 5.97 Å². The lowest BCUT2D eigenvalue weighted by Crippen LogP contribution is -2.18. The molecule has 2 aromatic heterocycles. The second-order valence-electron chi connectivity index (χ2n) is 4.82. The van der Waals surface area contributed by atoms with E-state index in [1.807, 2.05) is 13.1 Å². The van der Waals surface area contributed by atoms with Crippen molar-refractivity contribution in [2.45, 2.75) is 25.3 Å². The number of carboxylic acids is 1. The first-order valence-corrected chi connectivity index (χ1v) is 6.15. The molecule has 0 spiro atoms. The molecule has 3 rings (SSSR count). The standard InChI is InChI=1S/C11H14N6O2/c1-16-5-4-8(13-16)11-12-14-15-17(11)9(6-10(18)19)7-2-3-7/h4-5,7,9H,2-3,6H2,1H3,(H,18,19). The minimum Gasteiger partial charge on any atom is -0.481 e. The molecule has 1 aliphatic rings. The van der Waals surface area contributed by atoms with E-state index in [2.05, 4.69) is 20.6 Å². The molecule has 1 aliphatic carbocycles. The molecule has 1 unspecified atom stereocenters. The lowest BCUT2D eigenvalue weighted by molar-refractivity contribution is -0.138. The Kier molecular flexibility index (Phi) is 2.77. The number of carboxylic acid groups (broad SMARTS) is 1. The maximum Gasteiger partial charge on any atom is 0.305 e. The van der Waals surface area contributed by atoms with Crippen LogP contribution in [-0.2, 0) is 11.8 Å². The highest BCUT2D eigenvalue weighted by Gasteiger charge is 2.36. The summed E-state index contributed by atoms with van der Waals surface area (Å²) < 4.78 is 3.27. The molecule has 0 radical (unpaired) electrons. The highest BCUT2D eigenvalue weighted by Crippen LogP contribution is 2.42. The summed E-state index contributed by atoms with van der Waals surface area (Å²) in [6.45, 7) is 0. The normalized spacial score (nSPS) is 16.5. The largest absolute Gasteiger partial charge is 0.481 e. The van der Waals surface area contributed by atoms with Gasteiger partial charge in [0.15, 0.2) is 0 Å². The molecular formula is C11H14N6O2. The number of rotatable bonds is 5. The highest BCUT2D eigenvalue weighted by molar-refractivity contribution is 5.67. The van der Waals surface area contributed by atoms with Gasteiger partial charge in [0.2, 0.25) is 5.82 Å². The second-order valence-corrected chi connectivity index (χ2v) is 4.82. The molecule has 19 heavy (non-hydrogen) atoms.